The molecule has 3 aromatic carbocycles. The van der Waals surface area contributed by atoms with Gasteiger partial charge in [-0.05, 0) is 60.1 Å². The minimum Gasteiger partial charge on any atom is -0.467 e. The van der Waals surface area contributed by atoms with Gasteiger partial charge in [-0.25, -0.2) is 8.42 Å². The molecule has 0 amide bonds. The third-order valence-electron chi connectivity index (χ3n) is 11.1. The molecule has 0 atom stereocenters. The molecule has 5 rings (SSSR count). The maximum Gasteiger partial charge on any atom is 0.242 e. The van der Waals surface area contributed by atoms with Crippen LogP contribution in [0.5, 0.6) is 11.5 Å². The van der Waals surface area contributed by atoms with Crippen molar-refractivity contribution in [2.24, 2.45) is 10.8 Å². The van der Waals surface area contributed by atoms with Crippen molar-refractivity contribution in [2.45, 2.75) is 89.7 Å². The predicted molar refractivity (Wildman–Crippen MR) is 226 cm³/mol. The van der Waals surface area contributed by atoms with Crippen molar-refractivity contribution in [1.29, 1.82) is 0 Å². The van der Waals surface area contributed by atoms with E-state index < -0.39 is 36.5 Å². The molecule has 0 radical (unpaired) electrons. The molecule has 0 bridgehead atoms. The van der Waals surface area contributed by atoms with Crippen molar-refractivity contribution in [3.8, 4) is 11.5 Å². The highest BCUT2D eigenvalue weighted by Gasteiger charge is 2.43. The normalized spacial score (nSPS) is 18.3. The van der Waals surface area contributed by atoms with E-state index in [4.69, 9.17) is 42.3 Å². The summed E-state index contributed by atoms with van der Waals surface area (Å²) < 4.78 is 84.0. The molecule has 2 aliphatic heterocycles. The van der Waals surface area contributed by atoms with Gasteiger partial charge in [0.1, 0.15) is 17.1 Å². The van der Waals surface area contributed by atoms with Crippen molar-refractivity contribution in [2.75, 3.05) is 74.4 Å². The molecule has 3 aromatic rings. The second-order valence-corrected chi connectivity index (χ2v) is 25.4. The van der Waals surface area contributed by atoms with Gasteiger partial charge in [-0.15, -0.1) is 0 Å². The third-order valence-corrected chi connectivity index (χ3v) is 17.5. The maximum absolute atomic E-state index is 14.3. The van der Waals surface area contributed by atoms with E-state index >= 15 is 0 Å². The van der Waals surface area contributed by atoms with E-state index in [0.29, 0.717) is 37.6 Å². The molecular formula is C44H65NO12SSi. The maximum atomic E-state index is 14.3. The van der Waals surface area contributed by atoms with Gasteiger partial charge >= 0.3 is 0 Å². The molecule has 2 fully saturated rings. The van der Waals surface area contributed by atoms with Crippen LogP contribution < -0.4 is 9.47 Å². The molecule has 328 valence electrons. The van der Waals surface area contributed by atoms with E-state index in [-0.39, 0.29) is 75.7 Å². The number of hydrogen-bond donors (Lipinski definition) is 1. The first-order chi connectivity index (χ1) is 27.5. The van der Waals surface area contributed by atoms with E-state index in [9.17, 15) is 13.5 Å². The highest BCUT2D eigenvalue weighted by Crippen LogP contribution is 2.48. The molecule has 13 nitrogen and oxygen atoms in total. The van der Waals surface area contributed by atoms with Crippen LogP contribution in [0.25, 0.3) is 0 Å². The summed E-state index contributed by atoms with van der Waals surface area (Å²) in [5.41, 5.74) is -0.603. The van der Waals surface area contributed by atoms with Crippen LogP contribution in [0, 0.1) is 10.8 Å². The zero-order chi connectivity index (χ0) is 43.4. The van der Waals surface area contributed by atoms with Gasteiger partial charge < -0.3 is 47.4 Å². The average molecular weight is 860 g/mol. The Morgan fingerprint density at radius 2 is 1.22 bits per heavy atom. The highest BCUT2D eigenvalue weighted by molar-refractivity contribution is 7.89. The van der Waals surface area contributed by atoms with Gasteiger partial charge in [0.2, 0.25) is 10.0 Å². The fourth-order valence-corrected chi connectivity index (χ4v) is 8.74. The monoisotopic (exact) mass is 859 g/mol. The van der Waals surface area contributed by atoms with Crippen LogP contribution in [0.15, 0.2) is 65.6 Å². The molecule has 59 heavy (non-hydrogen) atoms. The van der Waals surface area contributed by atoms with E-state index in [2.05, 4.69) is 61.6 Å². The summed E-state index contributed by atoms with van der Waals surface area (Å²) in [5, 5.41) is 13.8. The summed E-state index contributed by atoms with van der Waals surface area (Å²) in [7, 11) is -1.69. The fraction of sp³-hybridized carbons (Fsp3) is 0.591. The summed E-state index contributed by atoms with van der Waals surface area (Å²) in [6, 6.07) is 16.8. The fourth-order valence-electron chi connectivity index (χ4n) is 6.50. The zero-order valence-corrected chi connectivity index (χ0v) is 38.7. The third kappa shape index (κ3) is 10.9. The van der Waals surface area contributed by atoms with Crippen molar-refractivity contribution in [3.05, 3.63) is 88.5 Å². The molecule has 0 aromatic heterocycles. The summed E-state index contributed by atoms with van der Waals surface area (Å²) in [5.74, 6) is 0.523. The number of aliphatic hydroxyl groups is 1. The van der Waals surface area contributed by atoms with Crippen LogP contribution in [-0.4, -0.2) is 101 Å². The summed E-state index contributed by atoms with van der Waals surface area (Å²) in [4.78, 5) is -0.0309. The smallest absolute Gasteiger partial charge is 0.242 e. The van der Waals surface area contributed by atoms with Crippen LogP contribution in [0.4, 0.5) is 0 Å². The Bertz CT molecular complexity index is 1890. The molecule has 0 unspecified atom stereocenters. The lowest BCUT2D eigenvalue weighted by molar-refractivity contribution is -0.226. The first kappa shape index (κ1) is 47.1. The van der Waals surface area contributed by atoms with Crippen LogP contribution >= 0.6 is 0 Å². The van der Waals surface area contributed by atoms with Crippen LogP contribution in [0.2, 0.25) is 18.1 Å². The lowest BCUT2D eigenvalue weighted by Crippen LogP contribution is -2.43. The molecule has 0 saturated carbocycles. The van der Waals surface area contributed by atoms with Crippen LogP contribution in [0.3, 0.4) is 0 Å². The number of ether oxygens (including phenoxy) is 8. The number of hydrogen-bond acceptors (Lipinski definition) is 12. The number of sulfonamides is 1. The molecule has 0 spiro atoms. The second kappa shape index (κ2) is 18.6. The predicted octanol–water partition coefficient (Wildman–Crippen LogP) is 7.72. The van der Waals surface area contributed by atoms with Crippen molar-refractivity contribution < 1.29 is 55.8 Å². The van der Waals surface area contributed by atoms with Gasteiger partial charge in [0, 0.05) is 67.5 Å². The Morgan fingerprint density at radius 3 is 1.64 bits per heavy atom. The van der Waals surface area contributed by atoms with Crippen LogP contribution in [-0.2, 0) is 48.5 Å². The molecule has 0 aliphatic carbocycles. The van der Waals surface area contributed by atoms with E-state index in [0.717, 1.165) is 0 Å². The minimum atomic E-state index is -4.09. The zero-order valence-electron chi connectivity index (χ0n) is 36.9. The minimum absolute atomic E-state index is 0.0309. The summed E-state index contributed by atoms with van der Waals surface area (Å²) in [6.45, 7) is 20.8. The molecule has 2 saturated heterocycles. The quantitative estimate of drug-likeness (QED) is 0.0808. The number of likely N-dealkylation sites (N-methyl/N-ethyl adjacent to an activating group) is 1. The first-order valence-corrected chi connectivity index (χ1v) is 24.3. The molecular weight excluding hydrogens is 795 g/mol. The van der Waals surface area contributed by atoms with Crippen molar-refractivity contribution >= 4 is 18.3 Å². The average Bonchev–Trinajstić information content (AvgIpc) is 3.18. The molecule has 1 N–H and O–H groups in total. The largest absolute Gasteiger partial charge is 0.467 e. The Morgan fingerprint density at radius 1 is 0.763 bits per heavy atom. The Hall–Kier alpha value is -2.93. The number of rotatable bonds is 17. The lowest BCUT2D eigenvalue weighted by atomic mass is 9.78. The summed E-state index contributed by atoms with van der Waals surface area (Å²) >= 11 is 0. The van der Waals surface area contributed by atoms with Gasteiger partial charge in [-0.2, -0.15) is 4.31 Å². The van der Waals surface area contributed by atoms with Crippen molar-refractivity contribution in [1.82, 2.24) is 4.31 Å². The Labute approximate surface area is 352 Å². The molecule has 15 heteroatoms. The first-order valence-electron chi connectivity index (χ1n) is 20.0. The van der Waals surface area contributed by atoms with Gasteiger partial charge in [-0.1, -0.05) is 72.7 Å². The number of nitrogens with zero attached hydrogens (tertiary/aromatic N) is 1. The van der Waals surface area contributed by atoms with Crippen LogP contribution in [0.1, 0.15) is 88.9 Å². The van der Waals surface area contributed by atoms with Gasteiger partial charge in [-0.3, -0.25) is 0 Å². The molecule has 2 heterocycles. The second-order valence-electron chi connectivity index (χ2n) is 18.5. The van der Waals surface area contributed by atoms with Gasteiger partial charge in [0.25, 0.3) is 0 Å². The van der Waals surface area contributed by atoms with E-state index in [1.165, 1.54) is 37.7 Å². The van der Waals surface area contributed by atoms with Gasteiger partial charge in [0.15, 0.2) is 34.5 Å². The molecule has 2 aliphatic rings. The van der Waals surface area contributed by atoms with E-state index in [1.54, 1.807) is 36.4 Å². The van der Waals surface area contributed by atoms with E-state index in [1.807, 2.05) is 12.1 Å². The Balaban J connectivity index is 1.70. The van der Waals surface area contributed by atoms with Crippen molar-refractivity contribution in [3.63, 3.8) is 0 Å². The number of benzene rings is 3. The number of methoxy groups -OCH3 is 2. The SMILES string of the molecule is COCOc1ccc(C2OCC(C)(C)CO2)cc1C(O)(c1cccc(S(=O)(=O)N(C)CCO[Si](C)(C)C(C)(C)C)c1)c1cc(C2OCC(C)(C)CO2)ccc1OCOC. The lowest BCUT2D eigenvalue weighted by Gasteiger charge is -2.37. The topological polar surface area (TPSA) is 141 Å². The summed E-state index contributed by atoms with van der Waals surface area (Å²) in [6.07, 6.45) is -1.50. The Kier molecular flexibility index (Phi) is 14.8. The standard InChI is InChI=1S/C44H65NO12SSi/c1-41(2,3)59(11,12)57-21-20-45(8)58(47,48)34-15-13-14-33(24-34)44(46,35-22-31(16-18-37(35)55-29-49-9)39-51-25-42(4,5)26-52-39)36-23-32(17-19-38(36)56-30-50-10)40-53-27-43(6,7)28-54-40/h13-19,22-24,39-40,46H,20-21,25-30H2,1-12H3. The van der Waals surface area contributed by atoms with Gasteiger partial charge in [0.05, 0.1) is 31.3 Å². The highest BCUT2D eigenvalue weighted by atomic mass is 32.2.